The van der Waals surface area contributed by atoms with Crippen LogP contribution in [0.25, 0.3) is 11.0 Å². The maximum atomic E-state index is 13.1. The van der Waals surface area contributed by atoms with Crippen molar-refractivity contribution in [3.05, 3.63) is 64.4 Å². The summed E-state index contributed by atoms with van der Waals surface area (Å²) in [5, 5.41) is 1.01. The summed E-state index contributed by atoms with van der Waals surface area (Å²) in [4.78, 5) is 28.7. The van der Waals surface area contributed by atoms with Crippen LogP contribution >= 0.6 is 0 Å². The standard InChI is InChI=1S/C24H26N2O3/c1-15-5-10-21-17(3)23(29-22(21)16(15)2)24(28)26-13-11-25(12-14-26)20-8-6-19(7-9-20)18(4)27/h5-10H,11-14H2,1-4H3. The number of carbonyl (C=O) groups excluding carboxylic acids is 2. The molecule has 0 saturated carbocycles. The lowest BCUT2D eigenvalue weighted by Gasteiger charge is -2.35. The van der Waals surface area contributed by atoms with Crippen LogP contribution in [0.2, 0.25) is 0 Å². The fourth-order valence-electron chi connectivity index (χ4n) is 3.94. The van der Waals surface area contributed by atoms with Crippen LogP contribution in [0, 0.1) is 20.8 Å². The SMILES string of the molecule is CC(=O)c1ccc(N2CCN(C(=O)c3oc4c(C)c(C)ccc4c3C)CC2)cc1. The third-order valence-corrected chi connectivity index (χ3v) is 6.03. The van der Waals surface area contributed by atoms with Crippen molar-refractivity contribution in [2.45, 2.75) is 27.7 Å². The van der Waals surface area contributed by atoms with Crippen LogP contribution in [0.1, 0.15) is 44.5 Å². The van der Waals surface area contributed by atoms with E-state index >= 15 is 0 Å². The Balaban J connectivity index is 1.49. The van der Waals surface area contributed by atoms with Crippen LogP contribution in [0.5, 0.6) is 0 Å². The summed E-state index contributed by atoms with van der Waals surface area (Å²) in [7, 11) is 0. The first-order valence-electron chi connectivity index (χ1n) is 10.0. The Morgan fingerprint density at radius 3 is 2.14 bits per heavy atom. The average Bonchev–Trinajstić information content (AvgIpc) is 3.07. The summed E-state index contributed by atoms with van der Waals surface area (Å²) in [6, 6.07) is 11.8. The molecule has 0 unspecified atom stereocenters. The number of nitrogens with zero attached hydrogens (tertiary/aromatic N) is 2. The molecule has 0 aliphatic carbocycles. The number of hydrogen-bond donors (Lipinski definition) is 0. The monoisotopic (exact) mass is 390 g/mol. The molecule has 1 aromatic heterocycles. The number of ketones is 1. The first-order chi connectivity index (χ1) is 13.9. The van der Waals surface area contributed by atoms with Crippen molar-refractivity contribution in [1.82, 2.24) is 4.90 Å². The van der Waals surface area contributed by atoms with Crippen molar-refractivity contribution >= 4 is 28.3 Å². The Hall–Kier alpha value is -3.08. The van der Waals surface area contributed by atoms with E-state index in [0.717, 1.165) is 46.4 Å². The van der Waals surface area contributed by atoms with Gasteiger partial charge in [-0.25, -0.2) is 0 Å². The molecule has 1 fully saturated rings. The molecular weight excluding hydrogens is 364 g/mol. The minimum Gasteiger partial charge on any atom is -0.450 e. The van der Waals surface area contributed by atoms with Gasteiger partial charge in [0.1, 0.15) is 5.58 Å². The third kappa shape index (κ3) is 3.41. The van der Waals surface area contributed by atoms with Crippen molar-refractivity contribution in [2.24, 2.45) is 0 Å². The molecule has 1 amide bonds. The largest absolute Gasteiger partial charge is 0.450 e. The number of piperazine rings is 1. The van der Waals surface area contributed by atoms with Gasteiger partial charge < -0.3 is 14.2 Å². The van der Waals surface area contributed by atoms with Crippen LogP contribution in [0.4, 0.5) is 5.69 Å². The number of anilines is 1. The summed E-state index contributed by atoms with van der Waals surface area (Å²) in [6.45, 7) is 10.4. The van der Waals surface area contributed by atoms with Gasteiger partial charge in [0.25, 0.3) is 5.91 Å². The van der Waals surface area contributed by atoms with E-state index in [2.05, 4.69) is 17.9 Å². The van der Waals surface area contributed by atoms with Gasteiger partial charge >= 0.3 is 0 Å². The van der Waals surface area contributed by atoms with Gasteiger partial charge in [0.15, 0.2) is 11.5 Å². The maximum Gasteiger partial charge on any atom is 0.290 e. The topological polar surface area (TPSA) is 53.8 Å². The van der Waals surface area contributed by atoms with E-state index in [4.69, 9.17) is 4.42 Å². The van der Waals surface area contributed by atoms with Gasteiger partial charge in [-0.2, -0.15) is 0 Å². The molecule has 4 rings (SSSR count). The molecule has 1 aliphatic rings. The Bertz CT molecular complexity index is 1090. The molecule has 2 heterocycles. The second-order valence-electron chi connectivity index (χ2n) is 7.82. The number of carbonyl (C=O) groups is 2. The van der Waals surface area contributed by atoms with Crippen LogP contribution in [-0.2, 0) is 0 Å². The Kier molecular flexibility index (Phi) is 4.91. The van der Waals surface area contributed by atoms with E-state index in [1.54, 1.807) is 6.92 Å². The van der Waals surface area contributed by atoms with E-state index in [-0.39, 0.29) is 11.7 Å². The average molecular weight is 390 g/mol. The van der Waals surface area contributed by atoms with Crippen molar-refractivity contribution < 1.29 is 14.0 Å². The van der Waals surface area contributed by atoms with E-state index in [9.17, 15) is 9.59 Å². The Morgan fingerprint density at radius 2 is 1.52 bits per heavy atom. The summed E-state index contributed by atoms with van der Waals surface area (Å²) in [5.41, 5.74) is 5.77. The van der Waals surface area contributed by atoms with E-state index in [1.165, 1.54) is 0 Å². The molecule has 2 aromatic carbocycles. The van der Waals surface area contributed by atoms with Crippen LogP contribution in [0.3, 0.4) is 0 Å². The van der Waals surface area contributed by atoms with Crippen LogP contribution in [0.15, 0.2) is 40.8 Å². The number of aryl methyl sites for hydroxylation is 3. The molecule has 1 aliphatic heterocycles. The molecule has 0 spiro atoms. The van der Waals surface area contributed by atoms with Crippen LogP contribution in [-0.4, -0.2) is 42.8 Å². The Labute approximate surface area is 170 Å². The summed E-state index contributed by atoms with van der Waals surface area (Å²) >= 11 is 0. The van der Waals surface area contributed by atoms with Gasteiger partial charge in [0.2, 0.25) is 0 Å². The molecule has 0 bridgehead atoms. The molecule has 5 heteroatoms. The van der Waals surface area contributed by atoms with Gasteiger partial charge in [-0.3, -0.25) is 9.59 Å². The minimum absolute atomic E-state index is 0.0395. The normalized spacial score (nSPS) is 14.5. The highest BCUT2D eigenvalue weighted by atomic mass is 16.3. The number of rotatable bonds is 3. The zero-order chi connectivity index (χ0) is 20.7. The predicted molar refractivity (Wildman–Crippen MR) is 115 cm³/mol. The summed E-state index contributed by atoms with van der Waals surface area (Å²) < 4.78 is 6.04. The molecule has 1 saturated heterocycles. The van der Waals surface area contributed by atoms with E-state index < -0.39 is 0 Å². The van der Waals surface area contributed by atoms with Gasteiger partial charge in [-0.15, -0.1) is 0 Å². The van der Waals surface area contributed by atoms with Crippen molar-refractivity contribution in [2.75, 3.05) is 31.1 Å². The van der Waals surface area contributed by atoms with Crippen molar-refractivity contribution in [3.8, 4) is 0 Å². The summed E-state index contributed by atoms with van der Waals surface area (Å²) in [6.07, 6.45) is 0. The van der Waals surface area contributed by atoms with Crippen LogP contribution < -0.4 is 4.90 Å². The second kappa shape index (κ2) is 7.39. The maximum absolute atomic E-state index is 13.1. The molecule has 0 radical (unpaired) electrons. The van der Waals surface area contributed by atoms with Gasteiger partial charge in [-0.05, 0) is 63.1 Å². The number of benzene rings is 2. The predicted octanol–water partition coefficient (Wildman–Crippen LogP) is 4.52. The molecule has 150 valence electrons. The molecular formula is C24H26N2O3. The fourth-order valence-corrected chi connectivity index (χ4v) is 3.94. The van der Waals surface area contributed by atoms with Gasteiger partial charge in [-0.1, -0.05) is 12.1 Å². The number of hydrogen-bond acceptors (Lipinski definition) is 4. The van der Waals surface area contributed by atoms with E-state index in [0.29, 0.717) is 24.4 Å². The second-order valence-corrected chi connectivity index (χ2v) is 7.82. The molecule has 0 atom stereocenters. The lowest BCUT2D eigenvalue weighted by Crippen LogP contribution is -2.48. The van der Waals surface area contributed by atoms with Crippen molar-refractivity contribution in [3.63, 3.8) is 0 Å². The first kappa shape index (κ1) is 19.2. The summed E-state index contributed by atoms with van der Waals surface area (Å²) in [5.74, 6) is 0.480. The highest BCUT2D eigenvalue weighted by Crippen LogP contribution is 2.30. The number of Topliss-reactive ketones (excluding diaryl/α,β-unsaturated/α-hetero) is 1. The molecule has 5 nitrogen and oxygen atoms in total. The molecule has 29 heavy (non-hydrogen) atoms. The number of fused-ring (bicyclic) bond motifs is 1. The molecule has 3 aromatic rings. The smallest absolute Gasteiger partial charge is 0.290 e. The highest BCUT2D eigenvalue weighted by molar-refractivity contribution is 6.00. The lowest BCUT2D eigenvalue weighted by molar-refractivity contribution is 0.0716. The molecule has 0 N–H and O–H groups in total. The zero-order valence-corrected chi connectivity index (χ0v) is 17.4. The highest BCUT2D eigenvalue weighted by Gasteiger charge is 2.27. The van der Waals surface area contributed by atoms with Crippen molar-refractivity contribution in [1.29, 1.82) is 0 Å². The minimum atomic E-state index is -0.0395. The third-order valence-electron chi connectivity index (χ3n) is 6.03. The number of furan rings is 1. The fraction of sp³-hybridized carbons (Fsp3) is 0.333. The Morgan fingerprint density at radius 1 is 0.862 bits per heavy atom. The van der Waals surface area contributed by atoms with E-state index in [1.807, 2.05) is 49.1 Å². The first-order valence-corrected chi connectivity index (χ1v) is 10.0. The zero-order valence-electron chi connectivity index (χ0n) is 17.4. The quantitative estimate of drug-likeness (QED) is 0.617. The van der Waals surface area contributed by atoms with Gasteiger partial charge in [0.05, 0.1) is 0 Å². The lowest BCUT2D eigenvalue weighted by atomic mass is 10.0. The number of amides is 1. The van der Waals surface area contributed by atoms with Gasteiger partial charge in [0, 0.05) is 48.4 Å².